The second kappa shape index (κ2) is 6.97. The lowest BCUT2D eigenvalue weighted by Crippen LogP contribution is -2.36. The summed E-state index contributed by atoms with van der Waals surface area (Å²) in [6.07, 6.45) is 0. The van der Waals surface area contributed by atoms with E-state index in [1.54, 1.807) is 0 Å². The van der Waals surface area contributed by atoms with E-state index in [0.29, 0.717) is 0 Å². The lowest BCUT2D eigenvalue weighted by molar-refractivity contribution is -0.134. The highest BCUT2D eigenvalue weighted by atomic mass is 16.4. The summed E-state index contributed by atoms with van der Waals surface area (Å²) in [6.45, 7) is 2.43. The van der Waals surface area contributed by atoms with E-state index < -0.39 is 11.9 Å². The second-order valence-corrected chi connectivity index (χ2v) is 3.29. The molecule has 0 aromatic carbocycles. The third kappa shape index (κ3) is 4.00. The number of aliphatic hydroxyl groups excluding tert-OH is 2. The average molecular weight is 231 g/mol. The monoisotopic (exact) mass is 231 g/mol. The molecule has 16 heavy (non-hydrogen) atoms. The van der Waals surface area contributed by atoms with Gasteiger partial charge >= 0.3 is 5.97 Å². The van der Waals surface area contributed by atoms with Gasteiger partial charge in [-0.2, -0.15) is 0 Å². The largest absolute Gasteiger partial charge is 0.478 e. The Morgan fingerprint density at radius 2 is 1.44 bits per heavy atom. The summed E-state index contributed by atoms with van der Waals surface area (Å²) in [5, 5.41) is 26.2. The molecule has 0 bridgehead atoms. The molecule has 92 valence electrons. The summed E-state index contributed by atoms with van der Waals surface area (Å²) in [6, 6.07) is 0. The van der Waals surface area contributed by atoms with Gasteiger partial charge in [0.15, 0.2) is 0 Å². The maximum absolute atomic E-state index is 11.8. The Kier molecular flexibility index (Phi) is 6.36. The van der Waals surface area contributed by atoms with Crippen molar-refractivity contribution >= 4 is 11.9 Å². The summed E-state index contributed by atoms with van der Waals surface area (Å²) in [7, 11) is 0. The Balaban J connectivity index is 4.86. The number of rotatable bonds is 6. The molecule has 0 aliphatic carbocycles. The predicted octanol–water partition coefficient (Wildman–Crippen LogP) is -0.779. The molecule has 6 heteroatoms. The minimum atomic E-state index is -1.15. The van der Waals surface area contributed by atoms with Crippen LogP contribution in [0.5, 0.6) is 0 Å². The number of aliphatic carboxylic acids is 1. The van der Waals surface area contributed by atoms with Gasteiger partial charge in [-0.25, -0.2) is 4.79 Å². The molecule has 1 amide bonds. The Bertz CT molecular complexity index is 292. The first-order valence-electron chi connectivity index (χ1n) is 4.87. The van der Waals surface area contributed by atoms with Crippen LogP contribution in [-0.2, 0) is 9.59 Å². The zero-order valence-electron chi connectivity index (χ0n) is 9.43. The van der Waals surface area contributed by atoms with E-state index >= 15 is 0 Å². The molecule has 0 spiro atoms. The van der Waals surface area contributed by atoms with E-state index in [0.717, 1.165) is 0 Å². The van der Waals surface area contributed by atoms with Crippen molar-refractivity contribution in [1.82, 2.24) is 4.90 Å². The molecule has 0 aromatic heterocycles. The van der Waals surface area contributed by atoms with Crippen molar-refractivity contribution in [2.45, 2.75) is 13.8 Å². The summed E-state index contributed by atoms with van der Waals surface area (Å²) >= 11 is 0. The Labute approximate surface area is 93.8 Å². The molecule has 0 aliphatic heterocycles. The summed E-state index contributed by atoms with van der Waals surface area (Å²) < 4.78 is 0. The minimum absolute atomic E-state index is 0.0362. The fourth-order valence-corrected chi connectivity index (χ4v) is 1.11. The first-order chi connectivity index (χ1) is 7.45. The molecule has 6 nitrogen and oxygen atoms in total. The van der Waals surface area contributed by atoms with Crippen LogP contribution < -0.4 is 0 Å². The molecule has 0 rings (SSSR count). The van der Waals surface area contributed by atoms with E-state index in [9.17, 15) is 9.59 Å². The van der Waals surface area contributed by atoms with Crippen molar-refractivity contribution < 1.29 is 24.9 Å². The van der Waals surface area contributed by atoms with E-state index in [-0.39, 0.29) is 37.4 Å². The summed E-state index contributed by atoms with van der Waals surface area (Å²) in [4.78, 5) is 23.6. The van der Waals surface area contributed by atoms with Crippen LogP contribution in [-0.4, -0.2) is 58.4 Å². The summed E-state index contributed by atoms with van der Waals surface area (Å²) in [5.74, 6) is -1.64. The van der Waals surface area contributed by atoms with Crippen LogP contribution in [0.2, 0.25) is 0 Å². The topological polar surface area (TPSA) is 98.1 Å². The van der Waals surface area contributed by atoms with Gasteiger partial charge in [-0.1, -0.05) is 0 Å². The molecule has 0 atom stereocenters. The number of carboxylic acids is 1. The number of nitrogens with zero attached hydrogens (tertiary/aromatic N) is 1. The molecule has 0 saturated heterocycles. The molecule has 3 N–H and O–H groups in total. The zero-order chi connectivity index (χ0) is 12.7. The maximum atomic E-state index is 11.8. The van der Waals surface area contributed by atoms with Gasteiger partial charge in [-0.3, -0.25) is 4.79 Å². The van der Waals surface area contributed by atoms with Gasteiger partial charge in [0.25, 0.3) is 0 Å². The number of hydrogen-bond donors (Lipinski definition) is 3. The fourth-order valence-electron chi connectivity index (χ4n) is 1.11. The van der Waals surface area contributed by atoms with Gasteiger partial charge in [0, 0.05) is 24.2 Å². The van der Waals surface area contributed by atoms with Gasteiger partial charge in [-0.05, 0) is 13.8 Å². The van der Waals surface area contributed by atoms with Crippen LogP contribution in [0.4, 0.5) is 0 Å². The molecular formula is C10H17NO5. The molecular weight excluding hydrogens is 214 g/mol. The standard InChI is InChI=1S/C10H17NO5/c1-7(8(2)10(15)16)9(14)11(3-5-12)4-6-13/h12-13H,3-6H2,1-2H3,(H,15,16)/b8-7-. The molecule has 0 unspecified atom stereocenters. The van der Waals surface area contributed by atoms with Crippen LogP contribution in [0.15, 0.2) is 11.1 Å². The second-order valence-electron chi connectivity index (χ2n) is 3.29. The Hall–Kier alpha value is -1.40. The predicted molar refractivity (Wildman–Crippen MR) is 56.8 cm³/mol. The molecule has 0 aromatic rings. The molecule has 0 aliphatic rings. The third-order valence-electron chi connectivity index (χ3n) is 2.23. The van der Waals surface area contributed by atoms with Crippen LogP contribution >= 0.6 is 0 Å². The lowest BCUT2D eigenvalue weighted by Gasteiger charge is -2.21. The highest BCUT2D eigenvalue weighted by molar-refractivity contribution is 6.01. The van der Waals surface area contributed by atoms with E-state index in [2.05, 4.69) is 0 Å². The van der Waals surface area contributed by atoms with Crippen LogP contribution in [0.1, 0.15) is 13.8 Å². The van der Waals surface area contributed by atoms with Crippen molar-refractivity contribution in [1.29, 1.82) is 0 Å². The number of carbonyl (C=O) groups excluding carboxylic acids is 1. The first kappa shape index (κ1) is 14.6. The molecule has 0 fully saturated rings. The first-order valence-corrected chi connectivity index (χ1v) is 4.87. The van der Waals surface area contributed by atoms with E-state index in [1.165, 1.54) is 18.7 Å². The quantitative estimate of drug-likeness (QED) is 0.521. The zero-order valence-corrected chi connectivity index (χ0v) is 9.43. The number of carbonyl (C=O) groups is 2. The summed E-state index contributed by atoms with van der Waals surface area (Å²) in [5.41, 5.74) is 0.0697. The highest BCUT2D eigenvalue weighted by Crippen LogP contribution is 2.07. The van der Waals surface area contributed by atoms with Crippen molar-refractivity contribution in [2.75, 3.05) is 26.3 Å². The van der Waals surface area contributed by atoms with E-state index in [1.807, 2.05) is 0 Å². The lowest BCUT2D eigenvalue weighted by atomic mass is 10.1. The van der Waals surface area contributed by atoms with Gasteiger partial charge in [0.2, 0.25) is 5.91 Å². The molecule has 0 radical (unpaired) electrons. The van der Waals surface area contributed by atoms with Crippen LogP contribution in [0.3, 0.4) is 0 Å². The SMILES string of the molecule is C/C(C(=O)O)=C(\C)C(=O)N(CCO)CCO. The Morgan fingerprint density at radius 3 is 1.75 bits per heavy atom. The van der Waals surface area contributed by atoms with Crippen molar-refractivity contribution in [3.63, 3.8) is 0 Å². The maximum Gasteiger partial charge on any atom is 0.331 e. The van der Waals surface area contributed by atoms with Gasteiger partial charge in [0.05, 0.1) is 13.2 Å². The van der Waals surface area contributed by atoms with Crippen molar-refractivity contribution in [3.8, 4) is 0 Å². The highest BCUT2D eigenvalue weighted by Gasteiger charge is 2.18. The number of aliphatic hydroxyl groups is 2. The normalized spacial score (nSPS) is 12.0. The van der Waals surface area contributed by atoms with Gasteiger partial charge < -0.3 is 20.2 Å². The smallest absolute Gasteiger partial charge is 0.331 e. The average Bonchev–Trinajstić information content (AvgIpc) is 2.25. The van der Waals surface area contributed by atoms with Gasteiger partial charge in [-0.15, -0.1) is 0 Å². The molecule has 0 saturated carbocycles. The van der Waals surface area contributed by atoms with Gasteiger partial charge in [0.1, 0.15) is 0 Å². The van der Waals surface area contributed by atoms with Crippen LogP contribution in [0.25, 0.3) is 0 Å². The number of carboxylic acid groups (broad SMARTS) is 1. The molecule has 0 heterocycles. The van der Waals surface area contributed by atoms with E-state index in [4.69, 9.17) is 15.3 Å². The van der Waals surface area contributed by atoms with Crippen LogP contribution in [0, 0.1) is 0 Å². The third-order valence-corrected chi connectivity index (χ3v) is 2.23. The Morgan fingerprint density at radius 1 is 1.00 bits per heavy atom. The van der Waals surface area contributed by atoms with Crippen molar-refractivity contribution in [2.24, 2.45) is 0 Å². The number of amides is 1. The number of hydrogen-bond acceptors (Lipinski definition) is 4. The fraction of sp³-hybridized carbons (Fsp3) is 0.600. The van der Waals surface area contributed by atoms with Crippen molar-refractivity contribution in [3.05, 3.63) is 11.1 Å². The minimum Gasteiger partial charge on any atom is -0.478 e.